The lowest BCUT2D eigenvalue weighted by molar-refractivity contribution is 0.236. The van der Waals surface area contributed by atoms with Gasteiger partial charge in [-0.15, -0.1) is 0 Å². The highest BCUT2D eigenvalue weighted by Gasteiger charge is 2.22. The number of para-hydroxylation sites is 1. The Morgan fingerprint density at radius 2 is 2.26 bits per heavy atom. The summed E-state index contributed by atoms with van der Waals surface area (Å²) in [6.07, 6.45) is 2.27. The highest BCUT2D eigenvalue weighted by molar-refractivity contribution is 5.33. The molecule has 0 spiro atoms. The molecule has 2 heterocycles. The molecular formula is C17H20FN3O2. The number of phenolic OH excluding ortho intramolecular Hbond substituents is 1. The molecule has 2 N–H and O–H groups in total. The summed E-state index contributed by atoms with van der Waals surface area (Å²) in [6.45, 7) is 3.69. The average Bonchev–Trinajstić information content (AvgIpc) is 2.52. The molecule has 0 fully saturated rings. The molecule has 6 heteroatoms. The first-order valence-electron chi connectivity index (χ1n) is 7.88. The molecule has 0 saturated heterocycles. The van der Waals surface area contributed by atoms with Gasteiger partial charge in [0, 0.05) is 37.2 Å². The van der Waals surface area contributed by atoms with Gasteiger partial charge in [-0.05, 0) is 18.9 Å². The number of hydrogen-bond donors (Lipinski definition) is 2. The van der Waals surface area contributed by atoms with Crippen molar-refractivity contribution in [3.63, 3.8) is 0 Å². The van der Waals surface area contributed by atoms with E-state index in [1.54, 1.807) is 12.1 Å². The highest BCUT2D eigenvalue weighted by Crippen LogP contribution is 2.24. The monoisotopic (exact) mass is 317 g/mol. The van der Waals surface area contributed by atoms with E-state index in [1.807, 2.05) is 6.92 Å². The fourth-order valence-electron chi connectivity index (χ4n) is 2.96. The lowest BCUT2D eigenvalue weighted by Gasteiger charge is -2.28. The predicted octanol–water partition coefficient (Wildman–Crippen LogP) is 2.13. The molecule has 5 nitrogen and oxygen atoms in total. The van der Waals surface area contributed by atoms with Gasteiger partial charge in [0.25, 0.3) is 5.56 Å². The van der Waals surface area contributed by atoms with Crippen molar-refractivity contribution in [1.82, 2.24) is 14.9 Å². The zero-order valence-corrected chi connectivity index (χ0v) is 13.1. The van der Waals surface area contributed by atoms with E-state index in [2.05, 4.69) is 14.9 Å². The number of fused-ring (bicyclic) bond motifs is 1. The largest absolute Gasteiger partial charge is 0.505 e. The molecule has 1 aromatic heterocycles. The van der Waals surface area contributed by atoms with Gasteiger partial charge in [0.1, 0.15) is 5.82 Å². The molecule has 122 valence electrons. The number of aromatic hydroxyl groups is 1. The molecule has 1 aliphatic rings. The van der Waals surface area contributed by atoms with Crippen molar-refractivity contribution < 1.29 is 9.50 Å². The number of benzene rings is 1. The molecule has 1 aromatic carbocycles. The third-order valence-electron chi connectivity index (χ3n) is 4.15. The van der Waals surface area contributed by atoms with Crippen molar-refractivity contribution in [3.05, 3.63) is 57.0 Å². The summed E-state index contributed by atoms with van der Waals surface area (Å²) in [7, 11) is 0. The molecule has 3 rings (SSSR count). The van der Waals surface area contributed by atoms with Crippen LogP contribution in [0.1, 0.15) is 36.0 Å². The van der Waals surface area contributed by atoms with Crippen LogP contribution in [0, 0.1) is 5.82 Å². The first kappa shape index (κ1) is 15.7. The van der Waals surface area contributed by atoms with E-state index in [1.165, 1.54) is 6.07 Å². The van der Waals surface area contributed by atoms with Crippen molar-refractivity contribution in [2.45, 2.75) is 39.3 Å². The Morgan fingerprint density at radius 3 is 3.04 bits per heavy atom. The van der Waals surface area contributed by atoms with E-state index >= 15 is 0 Å². The summed E-state index contributed by atoms with van der Waals surface area (Å²) >= 11 is 0. The second-order valence-corrected chi connectivity index (χ2v) is 5.90. The molecule has 0 unspecified atom stereocenters. The number of nitrogens with one attached hydrogen (secondary N) is 1. The van der Waals surface area contributed by atoms with Gasteiger partial charge in [-0.1, -0.05) is 19.1 Å². The van der Waals surface area contributed by atoms with Crippen LogP contribution in [0.4, 0.5) is 4.39 Å². The standard InChI is InChI=1S/C17H20FN3O2/c1-2-4-15-19-14-10-21(8-7-12(14)17(23)20-15)9-11-5-3-6-13(18)16(11)22/h3,5-6,22H,2,4,7-10H2,1H3,(H,19,20,23). The van der Waals surface area contributed by atoms with Crippen LogP contribution in [0.2, 0.25) is 0 Å². The van der Waals surface area contributed by atoms with Crippen LogP contribution >= 0.6 is 0 Å². The van der Waals surface area contributed by atoms with E-state index in [0.29, 0.717) is 37.4 Å². The minimum absolute atomic E-state index is 0.0493. The summed E-state index contributed by atoms with van der Waals surface area (Å²) in [4.78, 5) is 21.6. The average molecular weight is 317 g/mol. The summed E-state index contributed by atoms with van der Waals surface area (Å²) in [6, 6.07) is 4.54. The van der Waals surface area contributed by atoms with Crippen molar-refractivity contribution in [3.8, 4) is 5.75 Å². The van der Waals surface area contributed by atoms with E-state index in [9.17, 15) is 14.3 Å². The Hall–Kier alpha value is -2.21. The van der Waals surface area contributed by atoms with Crippen LogP contribution in [0.3, 0.4) is 0 Å². The highest BCUT2D eigenvalue weighted by atomic mass is 19.1. The maximum Gasteiger partial charge on any atom is 0.254 e. The first-order chi connectivity index (χ1) is 11.1. The topological polar surface area (TPSA) is 69.2 Å². The van der Waals surface area contributed by atoms with Gasteiger partial charge in [-0.2, -0.15) is 0 Å². The van der Waals surface area contributed by atoms with Crippen LogP contribution in [-0.2, 0) is 25.9 Å². The zero-order chi connectivity index (χ0) is 16.4. The van der Waals surface area contributed by atoms with Crippen molar-refractivity contribution >= 4 is 0 Å². The zero-order valence-electron chi connectivity index (χ0n) is 13.1. The van der Waals surface area contributed by atoms with E-state index in [0.717, 1.165) is 24.1 Å². The maximum absolute atomic E-state index is 13.4. The summed E-state index contributed by atoms with van der Waals surface area (Å²) in [5.41, 5.74) is 2.03. The van der Waals surface area contributed by atoms with Crippen LogP contribution in [-0.4, -0.2) is 26.5 Å². The Bertz CT molecular complexity index is 773. The number of halogens is 1. The lowest BCUT2D eigenvalue weighted by Crippen LogP contribution is -2.35. The number of rotatable bonds is 4. The molecule has 0 amide bonds. The molecule has 23 heavy (non-hydrogen) atoms. The van der Waals surface area contributed by atoms with Gasteiger partial charge in [0.2, 0.25) is 0 Å². The normalized spacial score (nSPS) is 14.7. The minimum atomic E-state index is -0.611. The lowest BCUT2D eigenvalue weighted by atomic mass is 10.0. The number of nitrogens with zero attached hydrogens (tertiary/aromatic N) is 2. The van der Waals surface area contributed by atoms with E-state index in [-0.39, 0.29) is 11.3 Å². The summed E-state index contributed by atoms with van der Waals surface area (Å²) in [5.74, 6) is -0.199. The number of phenols is 1. The molecule has 0 radical (unpaired) electrons. The second kappa shape index (κ2) is 6.50. The van der Waals surface area contributed by atoms with Gasteiger partial charge in [-0.25, -0.2) is 9.37 Å². The van der Waals surface area contributed by atoms with Gasteiger partial charge in [0.15, 0.2) is 11.6 Å². The van der Waals surface area contributed by atoms with E-state index in [4.69, 9.17) is 0 Å². The predicted molar refractivity (Wildman–Crippen MR) is 84.7 cm³/mol. The van der Waals surface area contributed by atoms with Crippen molar-refractivity contribution in [2.24, 2.45) is 0 Å². The Morgan fingerprint density at radius 1 is 1.43 bits per heavy atom. The molecule has 0 atom stereocenters. The van der Waals surface area contributed by atoms with Crippen LogP contribution in [0.5, 0.6) is 5.75 Å². The molecule has 1 aliphatic heterocycles. The number of aryl methyl sites for hydroxylation is 1. The summed E-state index contributed by atoms with van der Waals surface area (Å²) in [5, 5.41) is 9.81. The SMILES string of the molecule is CCCc1nc2c(c(=O)[nH]1)CCN(Cc1cccc(F)c1O)C2. The van der Waals surface area contributed by atoms with Gasteiger partial charge < -0.3 is 10.1 Å². The Labute approximate surface area is 133 Å². The Kier molecular flexibility index (Phi) is 4.43. The summed E-state index contributed by atoms with van der Waals surface area (Å²) < 4.78 is 13.4. The quantitative estimate of drug-likeness (QED) is 0.906. The van der Waals surface area contributed by atoms with Crippen LogP contribution in [0.15, 0.2) is 23.0 Å². The van der Waals surface area contributed by atoms with Crippen molar-refractivity contribution in [2.75, 3.05) is 6.54 Å². The smallest absolute Gasteiger partial charge is 0.254 e. The number of aromatic amines is 1. The van der Waals surface area contributed by atoms with Gasteiger partial charge in [-0.3, -0.25) is 9.69 Å². The molecule has 2 aromatic rings. The second-order valence-electron chi connectivity index (χ2n) is 5.90. The third kappa shape index (κ3) is 3.27. The minimum Gasteiger partial charge on any atom is -0.505 e. The van der Waals surface area contributed by atoms with Crippen LogP contribution in [0.25, 0.3) is 0 Å². The van der Waals surface area contributed by atoms with Gasteiger partial charge in [0.05, 0.1) is 5.69 Å². The maximum atomic E-state index is 13.4. The van der Waals surface area contributed by atoms with Crippen molar-refractivity contribution in [1.29, 1.82) is 0 Å². The number of hydrogen-bond acceptors (Lipinski definition) is 4. The third-order valence-corrected chi connectivity index (χ3v) is 4.15. The number of aromatic nitrogens is 2. The molecule has 0 aliphatic carbocycles. The van der Waals surface area contributed by atoms with Gasteiger partial charge >= 0.3 is 0 Å². The Balaban J connectivity index is 1.82. The fraction of sp³-hybridized carbons (Fsp3) is 0.412. The fourth-order valence-corrected chi connectivity index (χ4v) is 2.96. The first-order valence-corrected chi connectivity index (χ1v) is 7.88. The molecule has 0 saturated carbocycles. The number of H-pyrrole nitrogens is 1. The van der Waals surface area contributed by atoms with Crippen LogP contribution < -0.4 is 5.56 Å². The molecular weight excluding hydrogens is 297 g/mol. The molecule has 0 bridgehead atoms. The van der Waals surface area contributed by atoms with E-state index < -0.39 is 5.82 Å².